The van der Waals surface area contributed by atoms with Gasteiger partial charge in [-0.25, -0.2) is 4.98 Å². The Morgan fingerprint density at radius 1 is 1.60 bits per heavy atom. The van der Waals surface area contributed by atoms with Crippen LogP contribution in [-0.4, -0.2) is 10.1 Å². The van der Waals surface area contributed by atoms with Crippen molar-refractivity contribution in [3.63, 3.8) is 0 Å². The Labute approximate surface area is 64.5 Å². The van der Waals surface area contributed by atoms with E-state index in [4.69, 9.17) is 16.7 Å². The molecule has 53 valence electrons. The van der Waals surface area contributed by atoms with Crippen LogP contribution < -0.4 is 0 Å². The standard InChI is InChI=1S/C7H7ClNO/c1-5(10)6-2-3-7(8)9-4-6/h2-5,10H,1H2. The van der Waals surface area contributed by atoms with E-state index < -0.39 is 6.10 Å². The van der Waals surface area contributed by atoms with Gasteiger partial charge in [0, 0.05) is 6.20 Å². The molecule has 0 aromatic carbocycles. The summed E-state index contributed by atoms with van der Waals surface area (Å²) in [5.74, 6) is 0. The zero-order chi connectivity index (χ0) is 7.56. The Bertz CT molecular complexity index is 207. The number of aliphatic hydroxyl groups is 1. The molecule has 0 amide bonds. The number of aliphatic hydroxyl groups excluding tert-OH is 1. The molecule has 1 aromatic heterocycles. The van der Waals surface area contributed by atoms with Gasteiger partial charge in [-0.1, -0.05) is 17.7 Å². The molecule has 1 aromatic rings. The van der Waals surface area contributed by atoms with Crippen molar-refractivity contribution in [3.8, 4) is 0 Å². The average Bonchev–Trinajstić information content (AvgIpc) is 1.88. The highest BCUT2D eigenvalue weighted by molar-refractivity contribution is 6.29. The lowest BCUT2D eigenvalue weighted by atomic mass is 10.2. The zero-order valence-corrected chi connectivity index (χ0v) is 6.04. The van der Waals surface area contributed by atoms with Gasteiger partial charge in [0.2, 0.25) is 0 Å². The largest absolute Gasteiger partial charge is 0.388 e. The summed E-state index contributed by atoms with van der Waals surface area (Å²) in [6.45, 7) is 3.41. The van der Waals surface area contributed by atoms with Crippen LogP contribution in [0.15, 0.2) is 18.3 Å². The number of hydrogen-bond acceptors (Lipinski definition) is 2. The van der Waals surface area contributed by atoms with Crippen molar-refractivity contribution in [2.45, 2.75) is 6.10 Å². The van der Waals surface area contributed by atoms with Gasteiger partial charge >= 0.3 is 0 Å². The number of rotatable bonds is 1. The quantitative estimate of drug-likeness (QED) is 0.627. The third-order valence-corrected chi connectivity index (χ3v) is 1.36. The van der Waals surface area contributed by atoms with Crippen molar-refractivity contribution in [1.82, 2.24) is 4.98 Å². The first kappa shape index (κ1) is 7.51. The molecule has 0 saturated carbocycles. The van der Waals surface area contributed by atoms with E-state index in [-0.39, 0.29) is 0 Å². The van der Waals surface area contributed by atoms with Gasteiger partial charge in [-0.3, -0.25) is 0 Å². The van der Waals surface area contributed by atoms with Gasteiger partial charge in [-0.2, -0.15) is 0 Å². The molecule has 2 nitrogen and oxygen atoms in total. The third kappa shape index (κ3) is 1.69. The minimum atomic E-state index is -0.718. The second kappa shape index (κ2) is 2.99. The van der Waals surface area contributed by atoms with Gasteiger partial charge < -0.3 is 5.11 Å². The molecule has 1 rings (SSSR count). The van der Waals surface area contributed by atoms with E-state index in [0.717, 1.165) is 0 Å². The van der Waals surface area contributed by atoms with Crippen LogP contribution in [0, 0.1) is 6.92 Å². The molecule has 0 spiro atoms. The minimum absolute atomic E-state index is 0.421. The van der Waals surface area contributed by atoms with Crippen molar-refractivity contribution in [2.24, 2.45) is 0 Å². The first-order chi connectivity index (χ1) is 4.70. The normalized spacial score (nSPS) is 13.1. The monoisotopic (exact) mass is 156 g/mol. The molecule has 0 aliphatic rings. The van der Waals surface area contributed by atoms with Gasteiger partial charge in [-0.15, -0.1) is 0 Å². The van der Waals surface area contributed by atoms with Crippen molar-refractivity contribution >= 4 is 11.6 Å². The lowest BCUT2D eigenvalue weighted by Crippen LogP contribution is -1.91. The first-order valence-electron chi connectivity index (χ1n) is 2.83. The lowest BCUT2D eigenvalue weighted by molar-refractivity contribution is 0.225. The summed E-state index contributed by atoms with van der Waals surface area (Å²) in [7, 11) is 0. The SMILES string of the molecule is [CH2]C(O)c1ccc(Cl)nc1. The van der Waals surface area contributed by atoms with Gasteiger partial charge in [-0.05, 0) is 18.6 Å². The molecule has 10 heavy (non-hydrogen) atoms. The molecule has 0 fully saturated rings. The lowest BCUT2D eigenvalue weighted by Gasteiger charge is -2.01. The third-order valence-electron chi connectivity index (χ3n) is 1.14. The predicted molar refractivity (Wildman–Crippen MR) is 39.6 cm³/mol. The topological polar surface area (TPSA) is 33.1 Å². The molecule has 3 heteroatoms. The molecule has 0 saturated heterocycles. The summed E-state index contributed by atoms with van der Waals surface area (Å²) in [6.07, 6.45) is 0.782. The number of pyridine rings is 1. The van der Waals surface area contributed by atoms with Crippen molar-refractivity contribution in [1.29, 1.82) is 0 Å². The Morgan fingerprint density at radius 2 is 2.30 bits per heavy atom. The maximum Gasteiger partial charge on any atom is 0.129 e. The van der Waals surface area contributed by atoms with Crippen LogP contribution in [0.1, 0.15) is 11.7 Å². The summed E-state index contributed by atoms with van der Waals surface area (Å²) in [6, 6.07) is 3.30. The van der Waals surface area contributed by atoms with Gasteiger partial charge in [0.25, 0.3) is 0 Å². The first-order valence-corrected chi connectivity index (χ1v) is 3.20. The Hall–Kier alpha value is -0.600. The van der Waals surface area contributed by atoms with E-state index in [2.05, 4.69) is 11.9 Å². The molecule has 1 unspecified atom stereocenters. The number of halogens is 1. The second-order valence-corrected chi connectivity index (χ2v) is 2.32. The average molecular weight is 157 g/mol. The molecule has 1 N–H and O–H groups in total. The summed E-state index contributed by atoms with van der Waals surface area (Å²) in [4.78, 5) is 3.77. The molecule has 1 radical (unpaired) electrons. The van der Waals surface area contributed by atoms with E-state index >= 15 is 0 Å². The fraction of sp³-hybridized carbons (Fsp3) is 0.143. The Morgan fingerprint density at radius 3 is 2.70 bits per heavy atom. The van der Waals surface area contributed by atoms with Crippen LogP contribution in [-0.2, 0) is 0 Å². The minimum Gasteiger partial charge on any atom is -0.388 e. The van der Waals surface area contributed by atoms with E-state index in [1.807, 2.05) is 0 Å². The fourth-order valence-corrected chi connectivity index (χ4v) is 0.696. The van der Waals surface area contributed by atoms with E-state index in [0.29, 0.717) is 10.7 Å². The Kier molecular flexibility index (Phi) is 2.25. The maximum atomic E-state index is 8.92. The van der Waals surface area contributed by atoms with Crippen LogP contribution in [0.5, 0.6) is 0 Å². The van der Waals surface area contributed by atoms with Crippen molar-refractivity contribution in [2.75, 3.05) is 0 Å². The molecule has 1 heterocycles. The molecular formula is C7H7ClNO. The van der Waals surface area contributed by atoms with Crippen molar-refractivity contribution < 1.29 is 5.11 Å². The van der Waals surface area contributed by atoms with Crippen LogP contribution in [0.3, 0.4) is 0 Å². The highest BCUT2D eigenvalue weighted by atomic mass is 35.5. The highest BCUT2D eigenvalue weighted by Crippen LogP contribution is 2.11. The molecule has 0 aliphatic heterocycles. The van der Waals surface area contributed by atoms with Crippen LogP contribution >= 0.6 is 11.6 Å². The van der Waals surface area contributed by atoms with Crippen LogP contribution in [0.25, 0.3) is 0 Å². The number of aromatic nitrogens is 1. The molecule has 0 bridgehead atoms. The van der Waals surface area contributed by atoms with Gasteiger partial charge in [0.15, 0.2) is 0 Å². The number of hydrogen-bond donors (Lipinski definition) is 1. The summed E-state index contributed by atoms with van der Waals surface area (Å²) in [5, 5.41) is 9.34. The van der Waals surface area contributed by atoms with E-state index in [9.17, 15) is 0 Å². The molecule has 0 aliphatic carbocycles. The summed E-state index contributed by atoms with van der Waals surface area (Å²) in [5.41, 5.74) is 0.671. The zero-order valence-electron chi connectivity index (χ0n) is 5.29. The smallest absolute Gasteiger partial charge is 0.129 e. The van der Waals surface area contributed by atoms with Crippen LogP contribution in [0.2, 0.25) is 5.15 Å². The molecular weight excluding hydrogens is 150 g/mol. The summed E-state index contributed by atoms with van der Waals surface area (Å²) < 4.78 is 0. The van der Waals surface area contributed by atoms with E-state index in [1.54, 1.807) is 12.1 Å². The molecule has 1 atom stereocenters. The van der Waals surface area contributed by atoms with Gasteiger partial charge in [0.05, 0.1) is 6.10 Å². The Balaban J connectivity index is 2.89. The second-order valence-electron chi connectivity index (χ2n) is 1.93. The highest BCUT2D eigenvalue weighted by Gasteiger charge is 1.98. The summed E-state index contributed by atoms with van der Waals surface area (Å²) >= 11 is 5.50. The van der Waals surface area contributed by atoms with Crippen molar-refractivity contribution in [3.05, 3.63) is 36.0 Å². The predicted octanol–water partition coefficient (Wildman–Crippen LogP) is 1.60. The van der Waals surface area contributed by atoms with E-state index in [1.165, 1.54) is 6.20 Å². The van der Waals surface area contributed by atoms with Crippen LogP contribution in [0.4, 0.5) is 0 Å². The van der Waals surface area contributed by atoms with Gasteiger partial charge in [0.1, 0.15) is 5.15 Å². The fourth-order valence-electron chi connectivity index (χ4n) is 0.584. The number of nitrogens with zero attached hydrogens (tertiary/aromatic N) is 1. The maximum absolute atomic E-state index is 8.92.